The Kier molecular flexibility index (Phi) is 7.40. The number of hydrogen-bond acceptors (Lipinski definition) is 7. The van der Waals surface area contributed by atoms with Gasteiger partial charge in [-0.15, -0.1) is 0 Å². The fourth-order valence-electron chi connectivity index (χ4n) is 4.60. The summed E-state index contributed by atoms with van der Waals surface area (Å²) in [4.78, 5) is 29.4. The molecule has 1 atom stereocenters. The molecule has 0 aromatic carbocycles. The van der Waals surface area contributed by atoms with Crippen LogP contribution in [0.5, 0.6) is 0 Å². The molecule has 8 heteroatoms. The molecule has 172 valence electrons. The zero-order valence-electron chi connectivity index (χ0n) is 18.8. The van der Waals surface area contributed by atoms with Gasteiger partial charge in [-0.1, -0.05) is 0 Å². The van der Waals surface area contributed by atoms with Gasteiger partial charge in [-0.2, -0.15) is 0 Å². The first-order valence-electron chi connectivity index (χ1n) is 11.4. The molecular formula is C22H37FN2O5. The number of carbonyl (C=O) groups excluding carboxylic acids is 2. The highest BCUT2D eigenvalue weighted by Gasteiger charge is 2.58. The summed E-state index contributed by atoms with van der Waals surface area (Å²) in [7, 11) is 0. The number of carbonyl (C=O) groups is 2. The molecule has 0 spiro atoms. The summed E-state index contributed by atoms with van der Waals surface area (Å²) in [5.74, 6) is -2.13. The van der Waals surface area contributed by atoms with E-state index in [-0.39, 0.29) is 31.1 Å². The van der Waals surface area contributed by atoms with Crippen LogP contribution in [-0.2, 0) is 23.8 Å². The summed E-state index contributed by atoms with van der Waals surface area (Å²) in [6.45, 7) is 9.43. The number of rotatable bonds is 7. The van der Waals surface area contributed by atoms with Gasteiger partial charge in [0, 0.05) is 26.2 Å². The molecule has 1 aliphatic carbocycles. The van der Waals surface area contributed by atoms with Gasteiger partial charge in [0.15, 0.2) is 0 Å². The molecule has 3 rings (SSSR count). The van der Waals surface area contributed by atoms with Crippen molar-refractivity contribution < 1.29 is 28.2 Å². The zero-order chi connectivity index (χ0) is 21.9. The minimum atomic E-state index is -1.40. The second-order valence-corrected chi connectivity index (χ2v) is 9.65. The minimum absolute atomic E-state index is 0.119. The lowest BCUT2D eigenvalue weighted by molar-refractivity contribution is -0.294. The number of hydrogen-bond donors (Lipinski definition) is 0. The van der Waals surface area contributed by atoms with Crippen molar-refractivity contribution in [3.8, 4) is 0 Å². The monoisotopic (exact) mass is 428 g/mol. The molecule has 0 bridgehead atoms. The average Bonchev–Trinajstić information content (AvgIpc) is 3.18. The van der Waals surface area contributed by atoms with Crippen LogP contribution in [0.15, 0.2) is 0 Å². The molecule has 0 N–H and O–H groups in total. The van der Waals surface area contributed by atoms with Crippen molar-refractivity contribution in [2.75, 3.05) is 32.8 Å². The molecule has 1 unspecified atom stereocenters. The van der Waals surface area contributed by atoms with E-state index in [1.165, 1.54) is 0 Å². The van der Waals surface area contributed by atoms with Gasteiger partial charge in [0.05, 0.1) is 18.6 Å². The Labute approximate surface area is 179 Å². The number of likely N-dealkylation sites (tertiary alicyclic amines) is 2. The minimum Gasteiger partial charge on any atom is -0.466 e. The number of alkyl halides is 1. The van der Waals surface area contributed by atoms with Crippen molar-refractivity contribution in [2.45, 2.75) is 89.9 Å². The molecule has 0 radical (unpaired) electrons. The van der Waals surface area contributed by atoms with Gasteiger partial charge in [-0.3, -0.25) is 9.69 Å². The second-order valence-electron chi connectivity index (χ2n) is 9.65. The van der Waals surface area contributed by atoms with Crippen LogP contribution in [0, 0.1) is 5.92 Å². The van der Waals surface area contributed by atoms with E-state index in [1.807, 2.05) is 32.6 Å². The Bertz CT molecular complexity index is 605. The quantitative estimate of drug-likeness (QED) is 0.578. The van der Waals surface area contributed by atoms with E-state index in [4.69, 9.17) is 14.2 Å². The van der Waals surface area contributed by atoms with Crippen LogP contribution < -0.4 is 0 Å². The highest BCUT2D eigenvalue weighted by Crippen LogP contribution is 2.38. The van der Waals surface area contributed by atoms with Crippen molar-refractivity contribution in [1.82, 2.24) is 9.80 Å². The Morgan fingerprint density at radius 3 is 2.10 bits per heavy atom. The summed E-state index contributed by atoms with van der Waals surface area (Å²) >= 11 is 0. The summed E-state index contributed by atoms with van der Waals surface area (Å²) in [5.41, 5.74) is -0.674. The van der Waals surface area contributed by atoms with E-state index in [9.17, 15) is 14.0 Å². The van der Waals surface area contributed by atoms with E-state index in [0.717, 1.165) is 12.8 Å². The Hall–Kier alpha value is -1.25. The maximum absolute atomic E-state index is 13.9. The molecule has 0 aromatic rings. The second kappa shape index (κ2) is 9.49. The van der Waals surface area contributed by atoms with Crippen molar-refractivity contribution in [3.63, 3.8) is 0 Å². The zero-order valence-corrected chi connectivity index (χ0v) is 18.8. The molecule has 1 saturated carbocycles. The number of esters is 2. The predicted octanol–water partition coefficient (Wildman–Crippen LogP) is 2.87. The average molecular weight is 429 g/mol. The van der Waals surface area contributed by atoms with Crippen LogP contribution >= 0.6 is 0 Å². The van der Waals surface area contributed by atoms with Crippen LogP contribution in [0.2, 0.25) is 0 Å². The van der Waals surface area contributed by atoms with Gasteiger partial charge in [0.1, 0.15) is 11.8 Å². The summed E-state index contributed by atoms with van der Waals surface area (Å²) < 4.78 is 31.4. The van der Waals surface area contributed by atoms with Crippen LogP contribution in [-0.4, -0.2) is 78.2 Å². The molecule has 0 amide bonds. The summed E-state index contributed by atoms with van der Waals surface area (Å²) in [6, 6.07) is 0. The van der Waals surface area contributed by atoms with Crippen molar-refractivity contribution >= 4 is 11.9 Å². The third-order valence-corrected chi connectivity index (χ3v) is 6.09. The normalized spacial score (nSPS) is 28.6. The maximum Gasteiger partial charge on any atom is 0.371 e. The lowest BCUT2D eigenvalue weighted by atomic mass is 9.87. The first-order valence-corrected chi connectivity index (χ1v) is 11.4. The highest BCUT2D eigenvalue weighted by atomic mass is 19.1. The molecule has 30 heavy (non-hydrogen) atoms. The molecule has 3 aliphatic rings. The lowest BCUT2D eigenvalue weighted by Crippen LogP contribution is -2.74. The highest BCUT2D eigenvalue weighted by molar-refractivity contribution is 5.79. The lowest BCUT2D eigenvalue weighted by Gasteiger charge is -2.53. The van der Waals surface area contributed by atoms with Crippen LogP contribution in [0.1, 0.15) is 66.2 Å². The number of nitrogens with zero attached hydrogens (tertiary/aromatic N) is 2. The fraction of sp³-hybridized carbons (Fsp3) is 0.909. The van der Waals surface area contributed by atoms with E-state index in [2.05, 4.69) is 0 Å². The van der Waals surface area contributed by atoms with E-state index in [1.54, 1.807) is 4.90 Å². The fourth-order valence-corrected chi connectivity index (χ4v) is 4.60. The SMILES string of the molecule is CCOC(=O)[C@H]1CC[C@H](OC(C(=O)OC(C)(C)C)(N2CCCC2)N2CC(F)C2)CC1. The molecular weight excluding hydrogens is 391 g/mol. The molecule has 3 fully saturated rings. The largest absolute Gasteiger partial charge is 0.466 e. The van der Waals surface area contributed by atoms with Crippen molar-refractivity contribution in [1.29, 1.82) is 0 Å². The maximum atomic E-state index is 13.9. The van der Waals surface area contributed by atoms with Gasteiger partial charge < -0.3 is 14.2 Å². The van der Waals surface area contributed by atoms with E-state index < -0.39 is 23.6 Å². The summed E-state index contributed by atoms with van der Waals surface area (Å²) in [6.07, 6.45) is 3.44. The van der Waals surface area contributed by atoms with Gasteiger partial charge >= 0.3 is 11.9 Å². The number of halogens is 1. The van der Waals surface area contributed by atoms with Crippen LogP contribution in [0.4, 0.5) is 4.39 Å². The predicted molar refractivity (Wildman–Crippen MR) is 109 cm³/mol. The standard InChI is InChI=1S/C22H37FN2O5/c1-5-28-19(26)16-8-10-18(11-9-16)29-22(24-12-6-7-13-24,25-14-17(23)15-25)20(27)30-21(2,3)4/h16-18H,5-15H2,1-4H3/t16-,18-,22?. The summed E-state index contributed by atoms with van der Waals surface area (Å²) in [5, 5.41) is 0. The van der Waals surface area contributed by atoms with Gasteiger partial charge in [-0.25, -0.2) is 14.1 Å². The molecule has 2 aliphatic heterocycles. The van der Waals surface area contributed by atoms with Crippen LogP contribution in [0.25, 0.3) is 0 Å². The third-order valence-electron chi connectivity index (χ3n) is 6.09. The first kappa shape index (κ1) is 23.4. The molecule has 2 saturated heterocycles. The Morgan fingerprint density at radius 2 is 1.60 bits per heavy atom. The van der Waals surface area contributed by atoms with Gasteiger partial charge in [0.25, 0.3) is 5.85 Å². The molecule has 7 nitrogen and oxygen atoms in total. The molecule has 0 aromatic heterocycles. The van der Waals surface area contributed by atoms with Crippen molar-refractivity contribution in [3.05, 3.63) is 0 Å². The van der Waals surface area contributed by atoms with Crippen molar-refractivity contribution in [2.24, 2.45) is 5.92 Å². The number of ether oxygens (including phenoxy) is 3. The topological polar surface area (TPSA) is 68.3 Å². The van der Waals surface area contributed by atoms with E-state index >= 15 is 0 Å². The first-order chi connectivity index (χ1) is 14.2. The van der Waals surface area contributed by atoms with Gasteiger partial charge in [-0.05, 0) is 66.2 Å². The molecule has 2 heterocycles. The third kappa shape index (κ3) is 5.14. The van der Waals surface area contributed by atoms with Crippen LogP contribution in [0.3, 0.4) is 0 Å². The Morgan fingerprint density at radius 1 is 1.00 bits per heavy atom. The van der Waals surface area contributed by atoms with E-state index in [0.29, 0.717) is 45.4 Å². The Balaban J connectivity index is 1.78. The smallest absolute Gasteiger partial charge is 0.371 e. The van der Waals surface area contributed by atoms with Gasteiger partial charge in [0.2, 0.25) is 0 Å².